The summed E-state index contributed by atoms with van der Waals surface area (Å²) in [5, 5.41) is 13.1. The Morgan fingerprint density at radius 2 is 2.57 bits per heavy atom. The molecular formula is C9H11N3OS. The van der Waals surface area contributed by atoms with Crippen LogP contribution in [0.1, 0.15) is 17.7 Å². The van der Waals surface area contributed by atoms with Crippen molar-refractivity contribution < 1.29 is 4.74 Å². The van der Waals surface area contributed by atoms with Gasteiger partial charge in [-0.15, -0.1) is 0 Å². The van der Waals surface area contributed by atoms with Gasteiger partial charge < -0.3 is 10.1 Å². The van der Waals surface area contributed by atoms with Crippen molar-refractivity contribution in [2.75, 3.05) is 18.5 Å². The number of rotatable bonds is 2. The molecule has 1 fully saturated rings. The molecule has 2 heterocycles. The first-order valence-corrected chi connectivity index (χ1v) is 5.29. The molecule has 0 amide bonds. The van der Waals surface area contributed by atoms with Crippen molar-refractivity contribution in [3.05, 3.63) is 11.3 Å². The fourth-order valence-electron chi connectivity index (χ4n) is 1.43. The summed E-state index contributed by atoms with van der Waals surface area (Å²) in [4.78, 5) is 0. The molecule has 74 valence electrons. The molecule has 4 nitrogen and oxygen atoms in total. The highest BCUT2D eigenvalue weighted by Gasteiger charge is 2.18. The highest BCUT2D eigenvalue weighted by Crippen LogP contribution is 2.25. The van der Waals surface area contributed by atoms with Gasteiger partial charge in [0, 0.05) is 6.61 Å². The Kier molecular flexibility index (Phi) is 2.66. The van der Waals surface area contributed by atoms with E-state index in [1.54, 1.807) is 0 Å². The molecule has 0 aromatic carbocycles. The summed E-state index contributed by atoms with van der Waals surface area (Å²) < 4.78 is 9.39. The van der Waals surface area contributed by atoms with Crippen LogP contribution in [0.15, 0.2) is 0 Å². The zero-order valence-corrected chi connectivity index (χ0v) is 8.73. The summed E-state index contributed by atoms with van der Waals surface area (Å²) >= 11 is 1.35. The molecule has 1 aliphatic heterocycles. The number of ether oxygens (including phenoxy) is 1. The number of nitriles is 1. The van der Waals surface area contributed by atoms with Crippen molar-refractivity contribution >= 4 is 16.5 Å². The van der Waals surface area contributed by atoms with E-state index in [2.05, 4.69) is 15.8 Å². The van der Waals surface area contributed by atoms with Crippen LogP contribution in [-0.2, 0) is 4.74 Å². The lowest BCUT2D eigenvalue weighted by Crippen LogP contribution is -2.18. The third-order valence-corrected chi connectivity index (χ3v) is 3.11. The fourth-order valence-corrected chi connectivity index (χ4v) is 2.26. The molecule has 1 atom stereocenters. The van der Waals surface area contributed by atoms with Crippen molar-refractivity contribution in [3.63, 3.8) is 0 Å². The maximum atomic E-state index is 8.91. The van der Waals surface area contributed by atoms with Crippen molar-refractivity contribution in [2.24, 2.45) is 0 Å². The van der Waals surface area contributed by atoms with E-state index >= 15 is 0 Å². The first kappa shape index (κ1) is 9.44. The minimum atomic E-state index is 0.335. The third-order valence-electron chi connectivity index (χ3n) is 2.24. The average Bonchev–Trinajstić information content (AvgIpc) is 2.77. The molecule has 1 saturated heterocycles. The van der Waals surface area contributed by atoms with Crippen LogP contribution in [-0.4, -0.2) is 23.6 Å². The highest BCUT2D eigenvalue weighted by molar-refractivity contribution is 7.10. The Bertz CT molecular complexity index is 363. The Morgan fingerprint density at radius 3 is 3.21 bits per heavy atom. The van der Waals surface area contributed by atoms with E-state index < -0.39 is 0 Å². The molecule has 2 rings (SSSR count). The van der Waals surface area contributed by atoms with Crippen LogP contribution in [0.3, 0.4) is 0 Å². The number of aryl methyl sites for hydroxylation is 1. The molecular weight excluding hydrogens is 198 g/mol. The summed E-state index contributed by atoms with van der Waals surface area (Å²) in [5.74, 6) is 0. The van der Waals surface area contributed by atoms with Gasteiger partial charge in [0.1, 0.15) is 16.6 Å². The van der Waals surface area contributed by atoms with Crippen molar-refractivity contribution in [1.82, 2.24) is 4.37 Å². The van der Waals surface area contributed by atoms with E-state index in [4.69, 9.17) is 10.00 Å². The number of nitrogens with one attached hydrogen (secondary N) is 1. The monoisotopic (exact) mass is 209 g/mol. The van der Waals surface area contributed by atoms with Crippen molar-refractivity contribution in [3.8, 4) is 6.07 Å². The van der Waals surface area contributed by atoms with Crippen LogP contribution in [0.4, 0.5) is 5.00 Å². The van der Waals surface area contributed by atoms with Crippen LogP contribution in [0, 0.1) is 18.3 Å². The summed E-state index contributed by atoms with van der Waals surface area (Å²) in [6, 6.07) is 2.50. The second-order valence-corrected chi connectivity index (χ2v) is 4.06. The zero-order valence-electron chi connectivity index (χ0n) is 7.91. The van der Waals surface area contributed by atoms with E-state index in [1.807, 2.05) is 6.92 Å². The zero-order chi connectivity index (χ0) is 9.97. The largest absolute Gasteiger partial charge is 0.379 e. The number of nitrogens with zero attached hydrogens (tertiary/aromatic N) is 2. The molecule has 0 spiro atoms. The number of anilines is 1. The topological polar surface area (TPSA) is 57.9 Å². The fraction of sp³-hybridized carbons (Fsp3) is 0.556. The lowest BCUT2D eigenvalue weighted by atomic mass is 10.2. The van der Waals surface area contributed by atoms with Crippen molar-refractivity contribution in [1.29, 1.82) is 5.26 Å². The number of hydrogen-bond donors (Lipinski definition) is 1. The van der Waals surface area contributed by atoms with Gasteiger partial charge in [-0.2, -0.15) is 9.64 Å². The summed E-state index contributed by atoms with van der Waals surface area (Å²) in [7, 11) is 0. The molecule has 1 aromatic heterocycles. The molecule has 0 aliphatic carbocycles. The maximum absolute atomic E-state index is 8.91. The number of hydrogen-bond acceptors (Lipinski definition) is 5. The second kappa shape index (κ2) is 3.95. The van der Waals surface area contributed by atoms with Crippen LogP contribution < -0.4 is 5.32 Å². The predicted octanol–water partition coefficient (Wildman–Crippen LogP) is 1.52. The summed E-state index contributed by atoms with van der Waals surface area (Å²) in [6.45, 7) is 3.38. The van der Waals surface area contributed by atoms with E-state index in [-0.39, 0.29) is 0 Å². The van der Waals surface area contributed by atoms with Gasteiger partial charge in [0.25, 0.3) is 0 Å². The van der Waals surface area contributed by atoms with Gasteiger partial charge in [-0.1, -0.05) is 0 Å². The van der Waals surface area contributed by atoms with Gasteiger partial charge in [-0.3, -0.25) is 0 Å². The van der Waals surface area contributed by atoms with Crippen LogP contribution in [0.2, 0.25) is 0 Å². The summed E-state index contributed by atoms with van der Waals surface area (Å²) in [6.07, 6.45) is 1.00. The van der Waals surface area contributed by atoms with E-state index in [0.717, 1.165) is 30.3 Å². The molecule has 0 radical (unpaired) electrons. The standard InChI is InChI=1S/C9H11N3OS/c1-6-8(4-10)9(14-12-6)11-7-2-3-13-5-7/h7,11H,2-3,5H2,1H3. The van der Waals surface area contributed by atoms with Gasteiger partial charge >= 0.3 is 0 Å². The summed E-state index contributed by atoms with van der Waals surface area (Å²) in [5.41, 5.74) is 1.47. The normalized spacial score (nSPS) is 20.7. The Balaban J connectivity index is 2.12. The van der Waals surface area contributed by atoms with Crippen LogP contribution >= 0.6 is 11.5 Å². The second-order valence-electron chi connectivity index (χ2n) is 3.29. The van der Waals surface area contributed by atoms with Gasteiger partial charge in [0.05, 0.1) is 18.3 Å². The maximum Gasteiger partial charge on any atom is 0.128 e. The molecule has 1 unspecified atom stereocenters. The molecule has 1 N–H and O–H groups in total. The van der Waals surface area contributed by atoms with E-state index in [1.165, 1.54) is 11.5 Å². The van der Waals surface area contributed by atoms with Crippen LogP contribution in [0.5, 0.6) is 0 Å². The quantitative estimate of drug-likeness (QED) is 0.802. The first-order chi connectivity index (χ1) is 6.81. The molecule has 0 saturated carbocycles. The Labute approximate surface area is 86.7 Å². The molecule has 1 aliphatic rings. The number of aromatic nitrogens is 1. The minimum Gasteiger partial charge on any atom is -0.379 e. The minimum absolute atomic E-state index is 0.335. The Morgan fingerprint density at radius 1 is 1.71 bits per heavy atom. The van der Waals surface area contributed by atoms with Gasteiger partial charge in [0.2, 0.25) is 0 Å². The predicted molar refractivity (Wildman–Crippen MR) is 54.4 cm³/mol. The van der Waals surface area contributed by atoms with Gasteiger partial charge in [0.15, 0.2) is 0 Å². The lowest BCUT2D eigenvalue weighted by Gasteiger charge is -2.09. The first-order valence-electron chi connectivity index (χ1n) is 4.52. The van der Waals surface area contributed by atoms with Crippen LogP contribution in [0.25, 0.3) is 0 Å². The van der Waals surface area contributed by atoms with Gasteiger partial charge in [-0.05, 0) is 24.9 Å². The molecule has 5 heteroatoms. The SMILES string of the molecule is Cc1nsc(NC2CCOC2)c1C#N. The van der Waals surface area contributed by atoms with E-state index in [0.29, 0.717) is 11.6 Å². The van der Waals surface area contributed by atoms with Gasteiger partial charge in [-0.25, -0.2) is 0 Å². The van der Waals surface area contributed by atoms with E-state index in [9.17, 15) is 0 Å². The highest BCUT2D eigenvalue weighted by atomic mass is 32.1. The molecule has 0 bridgehead atoms. The van der Waals surface area contributed by atoms with Crippen molar-refractivity contribution in [2.45, 2.75) is 19.4 Å². The Hall–Kier alpha value is -1.12. The lowest BCUT2D eigenvalue weighted by molar-refractivity contribution is 0.195. The molecule has 14 heavy (non-hydrogen) atoms. The molecule has 1 aromatic rings. The third kappa shape index (κ3) is 1.72. The average molecular weight is 209 g/mol. The smallest absolute Gasteiger partial charge is 0.128 e.